The first kappa shape index (κ1) is 28.0. The van der Waals surface area contributed by atoms with Gasteiger partial charge in [-0.25, -0.2) is 23.5 Å². The summed E-state index contributed by atoms with van der Waals surface area (Å²) >= 11 is 0. The Balaban J connectivity index is 1.24. The molecule has 6 rings (SSSR count). The summed E-state index contributed by atoms with van der Waals surface area (Å²) < 4.78 is 51.0. The summed E-state index contributed by atoms with van der Waals surface area (Å²) in [6.07, 6.45) is 1.62. The lowest BCUT2D eigenvalue weighted by Gasteiger charge is -2.16. The van der Waals surface area contributed by atoms with Gasteiger partial charge in [-0.2, -0.15) is 5.26 Å². The molecule has 0 atom stereocenters. The number of aromatic nitrogens is 3. The second kappa shape index (κ2) is 11.2. The fraction of sp³-hybridized carbons (Fsp3) is 0.212. The van der Waals surface area contributed by atoms with E-state index in [0.29, 0.717) is 40.2 Å². The fourth-order valence-electron chi connectivity index (χ4n) is 5.03. The van der Waals surface area contributed by atoms with E-state index in [4.69, 9.17) is 10.00 Å². The van der Waals surface area contributed by atoms with Crippen molar-refractivity contribution < 1.29 is 27.8 Å². The van der Waals surface area contributed by atoms with Gasteiger partial charge in [0.15, 0.2) is 0 Å². The molecule has 3 aromatic carbocycles. The Morgan fingerprint density at radius 3 is 2.49 bits per heavy atom. The van der Waals surface area contributed by atoms with Crippen molar-refractivity contribution in [2.75, 3.05) is 6.67 Å². The van der Waals surface area contributed by atoms with Crippen LogP contribution in [0.4, 0.5) is 13.2 Å². The second-order valence-corrected chi connectivity index (χ2v) is 10.8. The monoisotopic (exact) mass is 582 g/mol. The maximum absolute atomic E-state index is 15.5. The van der Waals surface area contributed by atoms with E-state index >= 15 is 4.39 Å². The standard InChI is InChI=1S/C33H25F3N4O3/c34-18-33(10-11-33)19-40-29-9-8-23(32(41)42)14-28(29)38-30(40)15-21-6-7-22(13-26(21)36)27-2-1-3-31(39-27)43-17-24-5-4-20(16-37)12-25(24)35/h1-9,12-14H,10-11,15,17-19H2,(H,41,42). The van der Waals surface area contributed by atoms with E-state index in [9.17, 15) is 18.7 Å². The lowest BCUT2D eigenvalue weighted by Crippen LogP contribution is -2.16. The van der Waals surface area contributed by atoms with Crippen molar-refractivity contribution in [2.45, 2.75) is 32.4 Å². The number of rotatable bonds is 10. The Bertz CT molecular complexity index is 1910. The highest BCUT2D eigenvalue weighted by Crippen LogP contribution is 2.48. The third-order valence-corrected chi connectivity index (χ3v) is 7.79. The number of fused-ring (bicyclic) bond motifs is 1. The van der Waals surface area contributed by atoms with Gasteiger partial charge in [-0.05, 0) is 60.9 Å². The van der Waals surface area contributed by atoms with E-state index < -0.39 is 29.7 Å². The lowest BCUT2D eigenvalue weighted by molar-refractivity contribution is 0.0697. The molecule has 0 radical (unpaired) electrons. The Morgan fingerprint density at radius 2 is 1.79 bits per heavy atom. The molecule has 1 N–H and O–H groups in total. The van der Waals surface area contributed by atoms with Gasteiger partial charge in [0.1, 0.15) is 24.1 Å². The predicted molar refractivity (Wildman–Crippen MR) is 152 cm³/mol. The highest BCUT2D eigenvalue weighted by atomic mass is 19.1. The summed E-state index contributed by atoms with van der Waals surface area (Å²) in [5.74, 6) is -1.37. The minimum Gasteiger partial charge on any atom is -0.478 e. The number of benzene rings is 3. The molecule has 2 heterocycles. The smallest absolute Gasteiger partial charge is 0.335 e. The van der Waals surface area contributed by atoms with Crippen LogP contribution in [-0.4, -0.2) is 32.3 Å². The first-order valence-corrected chi connectivity index (χ1v) is 13.6. The van der Waals surface area contributed by atoms with Gasteiger partial charge in [0.2, 0.25) is 5.88 Å². The third kappa shape index (κ3) is 5.79. The van der Waals surface area contributed by atoms with E-state index in [0.717, 1.165) is 18.9 Å². The van der Waals surface area contributed by atoms with Crippen molar-refractivity contribution in [1.29, 1.82) is 5.26 Å². The fourth-order valence-corrected chi connectivity index (χ4v) is 5.03. The average molecular weight is 583 g/mol. The minimum atomic E-state index is -1.08. The van der Waals surface area contributed by atoms with Crippen LogP contribution in [0, 0.1) is 28.4 Å². The number of imidazole rings is 1. The Morgan fingerprint density at radius 1 is 1.00 bits per heavy atom. The summed E-state index contributed by atoms with van der Waals surface area (Å²) in [5.41, 5.74) is 2.57. The molecule has 10 heteroatoms. The van der Waals surface area contributed by atoms with Crippen molar-refractivity contribution in [1.82, 2.24) is 14.5 Å². The van der Waals surface area contributed by atoms with Crippen LogP contribution in [0.5, 0.6) is 5.88 Å². The molecule has 5 aromatic rings. The quantitative estimate of drug-likeness (QED) is 0.193. The van der Waals surface area contributed by atoms with E-state index in [1.165, 1.54) is 30.3 Å². The molecule has 1 aliphatic rings. The maximum Gasteiger partial charge on any atom is 0.335 e. The van der Waals surface area contributed by atoms with Crippen LogP contribution in [0.15, 0.2) is 72.8 Å². The maximum atomic E-state index is 15.5. The largest absolute Gasteiger partial charge is 0.478 e. The number of aromatic carboxylic acids is 1. The van der Waals surface area contributed by atoms with Gasteiger partial charge in [-0.1, -0.05) is 24.3 Å². The minimum absolute atomic E-state index is 0.0895. The lowest BCUT2D eigenvalue weighted by atomic mass is 10.0. The highest BCUT2D eigenvalue weighted by molar-refractivity contribution is 5.92. The number of nitriles is 1. The molecule has 1 aliphatic carbocycles. The first-order chi connectivity index (χ1) is 20.8. The number of pyridine rings is 1. The summed E-state index contributed by atoms with van der Waals surface area (Å²) in [5, 5.41) is 18.3. The van der Waals surface area contributed by atoms with Crippen LogP contribution in [-0.2, 0) is 19.6 Å². The van der Waals surface area contributed by atoms with Crippen molar-refractivity contribution in [3.05, 3.63) is 113 Å². The van der Waals surface area contributed by atoms with Gasteiger partial charge in [0.05, 0.1) is 40.6 Å². The Kier molecular flexibility index (Phi) is 7.32. The number of hydrogen-bond donors (Lipinski definition) is 1. The topological polar surface area (TPSA) is 101 Å². The van der Waals surface area contributed by atoms with Crippen LogP contribution in [0.3, 0.4) is 0 Å². The molecule has 0 spiro atoms. The van der Waals surface area contributed by atoms with Gasteiger partial charge in [-0.15, -0.1) is 0 Å². The van der Waals surface area contributed by atoms with Gasteiger partial charge >= 0.3 is 5.97 Å². The number of ether oxygens (including phenoxy) is 1. The second-order valence-electron chi connectivity index (χ2n) is 10.8. The van der Waals surface area contributed by atoms with Crippen molar-refractivity contribution in [3.63, 3.8) is 0 Å². The number of alkyl halides is 1. The van der Waals surface area contributed by atoms with E-state index in [2.05, 4.69) is 9.97 Å². The van der Waals surface area contributed by atoms with E-state index in [1.807, 2.05) is 10.6 Å². The molecular weight excluding hydrogens is 557 g/mol. The molecule has 0 saturated heterocycles. The van der Waals surface area contributed by atoms with Crippen LogP contribution < -0.4 is 4.74 Å². The molecule has 2 aromatic heterocycles. The number of carboxylic acids is 1. The molecule has 7 nitrogen and oxygen atoms in total. The zero-order valence-electron chi connectivity index (χ0n) is 22.9. The number of nitrogens with zero attached hydrogens (tertiary/aromatic N) is 4. The predicted octanol–water partition coefficient (Wildman–Crippen LogP) is 6.87. The molecule has 0 bridgehead atoms. The van der Waals surface area contributed by atoms with Crippen molar-refractivity contribution in [3.8, 4) is 23.2 Å². The molecule has 0 amide bonds. The van der Waals surface area contributed by atoms with Crippen LogP contribution in [0.1, 0.15) is 45.7 Å². The zero-order valence-corrected chi connectivity index (χ0v) is 22.9. The van der Waals surface area contributed by atoms with Gasteiger partial charge in [0, 0.05) is 35.6 Å². The van der Waals surface area contributed by atoms with Crippen molar-refractivity contribution in [2.24, 2.45) is 5.41 Å². The normalized spacial score (nSPS) is 13.5. The zero-order chi connectivity index (χ0) is 30.1. The molecule has 43 heavy (non-hydrogen) atoms. The molecule has 0 unspecified atom stereocenters. The SMILES string of the molecule is N#Cc1ccc(COc2cccc(-c3ccc(Cc4nc5cc(C(=O)O)ccc5n4CC4(CF)CC4)c(F)c3)n2)c(F)c1. The van der Waals surface area contributed by atoms with Gasteiger partial charge in [-0.3, -0.25) is 4.39 Å². The van der Waals surface area contributed by atoms with E-state index in [1.54, 1.807) is 36.4 Å². The summed E-state index contributed by atoms with van der Waals surface area (Å²) in [6.45, 7) is -0.189. The number of halogens is 3. The summed E-state index contributed by atoms with van der Waals surface area (Å²) in [4.78, 5) is 20.6. The molecule has 1 fully saturated rings. The van der Waals surface area contributed by atoms with Crippen LogP contribution >= 0.6 is 0 Å². The van der Waals surface area contributed by atoms with Crippen LogP contribution in [0.25, 0.3) is 22.3 Å². The Labute approximate surface area is 244 Å². The van der Waals surface area contributed by atoms with Gasteiger partial charge < -0.3 is 14.4 Å². The molecule has 1 saturated carbocycles. The van der Waals surface area contributed by atoms with Crippen molar-refractivity contribution >= 4 is 17.0 Å². The summed E-state index contributed by atoms with van der Waals surface area (Å²) in [6, 6.07) is 20.4. The summed E-state index contributed by atoms with van der Waals surface area (Å²) in [7, 11) is 0. The average Bonchev–Trinajstić information content (AvgIpc) is 3.72. The first-order valence-electron chi connectivity index (χ1n) is 13.6. The van der Waals surface area contributed by atoms with Crippen LogP contribution in [0.2, 0.25) is 0 Å². The Hall–Kier alpha value is -5.17. The number of carboxylic acid groups (broad SMARTS) is 1. The molecule has 216 valence electrons. The number of carbonyl (C=O) groups is 1. The third-order valence-electron chi connectivity index (χ3n) is 7.79. The number of hydrogen-bond acceptors (Lipinski definition) is 5. The van der Waals surface area contributed by atoms with E-state index in [-0.39, 0.29) is 35.6 Å². The molecular formula is C33H25F3N4O3. The van der Waals surface area contributed by atoms with Gasteiger partial charge in [0.25, 0.3) is 0 Å². The molecule has 0 aliphatic heterocycles. The highest BCUT2D eigenvalue weighted by Gasteiger charge is 2.43.